The van der Waals surface area contributed by atoms with E-state index in [1.54, 1.807) is 12.1 Å². The van der Waals surface area contributed by atoms with Crippen LogP contribution in [0.3, 0.4) is 0 Å². The number of carboxylic acid groups (broad SMARTS) is 1. The van der Waals surface area contributed by atoms with Crippen LogP contribution < -0.4 is 10.1 Å². The zero-order chi connectivity index (χ0) is 31.7. The van der Waals surface area contributed by atoms with Crippen LogP contribution in [0, 0.1) is 6.92 Å². The van der Waals surface area contributed by atoms with Gasteiger partial charge in [-0.05, 0) is 54.4 Å². The number of ether oxygens (including phenoxy) is 3. The SMILES string of the molecule is CNc1ccc(/C=C/c2ccc(OCCOCCOCCOS(=O)(=O)c3ccc(C)cc3)cc2)cc1.O=C(O)C(F)(F)F. The molecule has 234 valence electrons. The maximum Gasteiger partial charge on any atom is 0.490 e. The number of aryl methyl sites for hydroxylation is 1. The lowest BCUT2D eigenvalue weighted by molar-refractivity contribution is -0.192. The number of alkyl halides is 3. The fourth-order valence-electron chi connectivity index (χ4n) is 3.14. The predicted octanol–water partition coefficient (Wildman–Crippen LogP) is 5.66. The third kappa shape index (κ3) is 14.2. The highest BCUT2D eigenvalue weighted by molar-refractivity contribution is 7.86. The summed E-state index contributed by atoms with van der Waals surface area (Å²) in [5, 5.41) is 10.2. The number of hydrogen-bond donors (Lipinski definition) is 2. The average Bonchev–Trinajstić information content (AvgIpc) is 2.98. The molecule has 0 radical (unpaired) electrons. The Balaban J connectivity index is 0.000000821. The molecular weight excluding hydrogens is 591 g/mol. The number of anilines is 1. The Bertz CT molecular complexity index is 1380. The summed E-state index contributed by atoms with van der Waals surface area (Å²) < 4.78 is 77.4. The van der Waals surface area contributed by atoms with Crippen molar-refractivity contribution < 1.29 is 49.9 Å². The second-order valence-corrected chi connectivity index (χ2v) is 10.4. The zero-order valence-corrected chi connectivity index (χ0v) is 24.5. The van der Waals surface area contributed by atoms with Crippen LogP contribution in [0.15, 0.2) is 77.7 Å². The summed E-state index contributed by atoms with van der Waals surface area (Å²) in [4.78, 5) is 9.03. The summed E-state index contributed by atoms with van der Waals surface area (Å²) in [5.74, 6) is -1.98. The Morgan fingerprint density at radius 1 is 0.791 bits per heavy atom. The van der Waals surface area contributed by atoms with Crippen molar-refractivity contribution in [3.8, 4) is 5.75 Å². The minimum absolute atomic E-state index is 0.0485. The third-order valence-electron chi connectivity index (χ3n) is 5.43. The van der Waals surface area contributed by atoms with Gasteiger partial charge >= 0.3 is 12.1 Å². The van der Waals surface area contributed by atoms with Gasteiger partial charge in [-0.25, -0.2) is 4.79 Å². The average molecular weight is 626 g/mol. The molecule has 0 heterocycles. The van der Waals surface area contributed by atoms with Crippen LogP contribution in [0.5, 0.6) is 5.75 Å². The summed E-state index contributed by atoms with van der Waals surface area (Å²) in [6, 6.07) is 22.6. The van der Waals surface area contributed by atoms with Crippen LogP contribution in [0.2, 0.25) is 0 Å². The van der Waals surface area contributed by atoms with Gasteiger partial charge < -0.3 is 24.6 Å². The highest BCUT2D eigenvalue weighted by Crippen LogP contribution is 2.16. The summed E-state index contributed by atoms with van der Waals surface area (Å²) in [6.07, 6.45) is -0.954. The number of benzene rings is 3. The number of carboxylic acids is 1. The molecule has 0 aliphatic rings. The lowest BCUT2D eigenvalue weighted by Gasteiger charge is -2.09. The van der Waals surface area contributed by atoms with E-state index >= 15 is 0 Å². The van der Waals surface area contributed by atoms with E-state index < -0.39 is 22.3 Å². The van der Waals surface area contributed by atoms with E-state index in [1.807, 2.05) is 50.4 Å². The lowest BCUT2D eigenvalue weighted by Crippen LogP contribution is -2.21. The monoisotopic (exact) mass is 625 g/mol. The Morgan fingerprint density at radius 2 is 1.26 bits per heavy atom. The van der Waals surface area contributed by atoms with Crippen molar-refractivity contribution in [3.63, 3.8) is 0 Å². The van der Waals surface area contributed by atoms with Gasteiger partial charge in [-0.1, -0.05) is 54.1 Å². The minimum atomic E-state index is -5.08. The number of nitrogens with one attached hydrogen (secondary N) is 1. The minimum Gasteiger partial charge on any atom is -0.491 e. The van der Waals surface area contributed by atoms with Gasteiger partial charge in [0.15, 0.2) is 0 Å². The lowest BCUT2D eigenvalue weighted by atomic mass is 10.1. The molecule has 3 aromatic rings. The zero-order valence-electron chi connectivity index (χ0n) is 23.7. The molecule has 0 spiro atoms. The van der Waals surface area contributed by atoms with E-state index in [2.05, 4.69) is 29.6 Å². The molecule has 13 heteroatoms. The predicted molar refractivity (Wildman–Crippen MR) is 156 cm³/mol. The maximum atomic E-state index is 12.1. The van der Waals surface area contributed by atoms with Gasteiger partial charge in [-0.3, -0.25) is 4.18 Å². The van der Waals surface area contributed by atoms with Crippen LogP contribution in [0.25, 0.3) is 12.2 Å². The number of hydrogen-bond acceptors (Lipinski definition) is 8. The maximum absolute atomic E-state index is 12.1. The highest BCUT2D eigenvalue weighted by atomic mass is 32.2. The van der Waals surface area contributed by atoms with E-state index in [4.69, 9.17) is 28.3 Å². The first-order valence-corrected chi connectivity index (χ1v) is 14.4. The van der Waals surface area contributed by atoms with Crippen LogP contribution in [-0.4, -0.2) is 72.4 Å². The van der Waals surface area contributed by atoms with E-state index in [0.29, 0.717) is 26.4 Å². The molecule has 3 aromatic carbocycles. The second kappa shape index (κ2) is 17.9. The van der Waals surface area contributed by atoms with Gasteiger partial charge in [-0.2, -0.15) is 21.6 Å². The van der Waals surface area contributed by atoms with Gasteiger partial charge in [0.1, 0.15) is 12.4 Å². The first-order valence-electron chi connectivity index (χ1n) is 13.0. The van der Waals surface area contributed by atoms with Gasteiger partial charge in [0.25, 0.3) is 10.1 Å². The first kappa shape index (κ1) is 35.3. The molecular formula is C30H34F3NO8S. The smallest absolute Gasteiger partial charge is 0.490 e. The van der Waals surface area contributed by atoms with Crippen LogP contribution in [0.4, 0.5) is 18.9 Å². The van der Waals surface area contributed by atoms with Gasteiger partial charge in [-0.15, -0.1) is 0 Å². The molecule has 0 aliphatic heterocycles. The van der Waals surface area contributed by atoms with E-state index in [9.17, 15) is 21.6 Å². The van der Waals surface area contributed by atoms with E-state index in [-0.39, 0.29) is 18.1 Å². The van der Waals surface area contributed by atoms with Crippen LogP contribution in [0.1, 0.15) is 16.7 Å². The Labute approximate surface area is 249 Å². The molecule has 0 atom stereocenters. The van der Waals surface area contributed by atoms with Gasteiger partial charge in [0.05, 0.1) is 37.9 Å². The van der Waals surface area contributed by atoms with Crippen molar-refractivity contribution >= 4 is 33.9 Å². The molecule has 0 unspecified atom stereocenters. The Hall–Kier alpha value is -3.91. The largest absolute Gasteiger partial charge is 0.491 e. The number of rotatable bonds is 15. The molecule has 0 saturated heterocycles. The topological polar surface area (TPSA) is 120 Å². The standard InChI is InChI=1S/C28H33NO6S.C2HF3O2/c1-23-3-15-28(16-4-23)36(30,31)35-22-20-33-18-17-32-19-21-34-27-13-9-25(10-14-27)6-5-24-7-11-26(29-2)12-8-24;3-2(4,5)1(6)7/h3-16,29H,17-22H2,1-2H3;(H,6,7)/b6-5+;. The normalized spacial score (nSPS) is 11.6. The van der Waals surface area contributed by atoms with Crippen molar-refractivity contribution in [1.29, 1.82) is 0 Å². The molecule has 0 aliphatic carbocycles. The highest BCUT2D eigenvalue weighted by Gasteiger charge is 2.38. The van der Waals surface area contributed by atoms with Crippen molar-refractivity contribution in [3.05, 3.63) is 89.5 Å². The summed E-state index contributed by atoms with van der Waals surface area (Å²) in [6.45, 7) is 3.57. The molecule has 0 saturated carbocycles. The molecule has 0 fully saturated rings. The van der Waals surface area contributed by atoms with Crippen LogP contribution in [-0.2, 0) is 28.6 Å². The Morgan fingerprint density at radius 3 is 1.74 bits per heavy atom. The van der Waals surface area contributed by atoms with Gasteiger partial charge in [0.2, 0.25) is 0 Å². The van der Waals surface area contributed by atoms with Crippen molar-refractivity contribution in [2.45, 2.75) is 18.0 Å². The molecule has 2 N–H and O–H groups in total. The number of halogens is 3. The van der Waals surface area contributed by atoms with Crippen molar-refractivity contribution in [1.82, 2.24) is 0 Å². The fourth-order valence-corrected chi connectivity index (χ4v) is 4.04. The number of carbonyl (C=O) groups is 1. The summed E-state index contributed by atoms with van der Waals surface area (Å²) in [7, 11) is -1.86. The second-order valence-electron chi connectivity index (χ2n) is 8.74. The Kier molecular flexibility index (Phi) is 14.7. The van der Waals surface area contributed by atoms with E-state index in [0.717, 1.165) is 28.1 Å². The fraction of sp³-hybridized carbons (Fsp3) is 0.300. The summed E-state index contributed by atoms with van der Waals surface area (Å²) >= 11 is 0. The molecule has 43 heavy (non-hydrogen) atoms. The van der Waals surface area contributed by atoms with E-state index in [1.165, 1.54) is 12.1 Å². The molecule has 0 bridgehead atoms. The van der Waals surface area contributed by atoms with Gasteiger partial charge in [0, 0.05) is 12.7 Å². The van der Waals surface area contributed by atoms with Crippen molar-refractivity contribution in [2.75, 3.05) is 52.0 Å². The summed E-state index contributed by atoms with van der Waals surface area (Å²) in [5.41, 5.74) is 4.29. The first-order chi connectivity index (χ1) is 20.4. The van der Waals surface area contributed by atoms with Crippen LogP contribution >= 0.6 is 0 Å². The molecule has 0 amide bonds. The van der Waals surface area contributed by atoms with Crippen molar-refractivity contribution in [2.24, 2.45) is 0 Å². The quantitative estimate of drug-likeness (QED) is 0.125. The molecule has 0 aromatic heterocycles. The molecule has 3 rings (SSSR count). The third-order valence-corrected chi connectivity index (χ3v) is 6.76. The number of aliphatic carboxylic acids is 1. The molecule has 9 nitrogen and oxygen atoms in total.